The van der Waals surface area contributed by atoms with Crippen molar-refractivity contribution in [2.75, 3.05) is 9.80 Å². The molecule has 15 rings (SSSR count). The highest BCUT2D eigenvalue weighted by Gasteiger charge is 2.36. The highest BCUT2D eigenvalue weighted by molar-refractivity contribution is 6.28. The predicted molar refractivity (Wildman–Crippen MR) is 331 cm³/mol. The second kappa shape index (κ2) is 18.1. The van der Waals surface area contributed by atoms with Crippen molar-refractivity contribution in [1.82, 2.24) is 4.57 Å². The Morgan fingerprint density at radius 3 is 1.54 bits per heavy atom. The van der Waals surface area contributed by atoms with Crippen LogP contribution in [-0.4, -0.2) is 4.57 Å². The standard InChI is InChI=1S/C75H53N3/c1-75(2)70-36-19-18-33-65(70)66-43-42-58(48-71(66)75)77(55-26-8-4-9-27-55)60-46-53(45-59(47-60)76(54-24-6-3-7-25-54)57-40-37-52(38-41-57)62-35-20-23-50-21-12-14-30-61(50)62)68-49-69-73-63-31-15-13-22-51(63)39-44-72(73)78(56-28-10-5-11-29-56)74(69)67-34-17-16-32-64(67)68/h3-49H,1-2H3. The highest BCUT2D eigenvalue weighted by atomic mass is 15.2. The quantitative estimate of drug-likeness (QED) is 0.143. The number of aromatic nitrogens is 1. The molecule has 1 aliphatic carbocycles. The van der Waals surface area contributed by atoms with E-state index in [1.165, 1.54) is 93.1 Å². The number of anilines is 6. The molecule has 1 aliphatic rings. The van der Waals surface area contributed by atoms with Gasteiger partial charge in [-0.3, -0.25) is 0 Å². The summed E-state index contributed by atoms with van der Waals surface area (Å²) >= 11 is 0. The number of rotatable bonds is 9. The first-order valence-electron chi connectivity index (χ1n) is 27.1. The van der Waals surface area contributed by atoms with Crippen LogP contribution >= 0.6 is 0 Å². The number of nitrogens with zero attached hydrogens (tertiary/aromatic N) is 3. The van der Waals surface area contributed by atoms with Gasteiger partial charge in [0.2, 0.25) is 0 Å². The third-order valence-electron chi connectivity index (χ3n) is 16.5. The molecule has 0 atom stereocenters. The summed E-state index contributed by atoms with van der Waals surface area (Å²) in [5.74, 6) is 0. The second-order valence-corrected chi connectivity index (χ2v) is 21.3. The molecule has 0 saturated heterocycles. The Balaban J connectivity index is 1.02. The van der Waals surface area contributed by atoms with Gasteiger partial charge in [0.05, 0.1) is 11.0 Å². The fourth-order valence-electron chi connectivity index (χ4n) is 12.9. The van der Waals surface area contributed by atoms with E-state index in [9.17, 15) is 0 Å². The molecule has 0 N–H and O–H groups in total. The van der Waals surface area contributed by atoms with Crippen LogP contribution in [0.15, 0.2) is 285 Å². The van der Waals surface area contributed by atoms with Gasteiger partial charge in [0.15, 0.2) is 0 Å². The highest BCUT2D eigenvalue weighted by Crippen LogP contribution is 2.52. The normalized spacial score (nSPS) is 12.6. The van der Waals surface area contributed by atoms with Crippen molar-refractivity contribution in [1.29, 1.82) is 0 Å². The van der Waals surface area contributed by atoms with Crippen molar-refractivity contribution in [3.63, 3.8) is 0 Å². The maximum Gasteiger partial charge on any atom is 0.0620 e. The lowest BCUT2D eigenvalue weighted by molar-refractivity contribution is 0.660. The molecule has 78 heavy (non-hydrogen) atoms. The molecule has 1 aromatic heterocycles. The SMILES string of the molecule is CC1(C)c2ccccc2-c2ccc(N(c3ccccc3)c3cc(-c4cc5c6c7ccccc7ccc6n(-c6ccccc6)c5c5ccccc45)cc(N(c4ccccc4)c4ccc(-c5cccc6ccccc56)cc4)c3)cc21. The van der Waals surface area contributed by atoms with E-state index in [1.54, 1.807) is 0 Å². The molecule has 0 bridgehead atoms. The van der Waals surface area contributed by atoms with Gasteiger partial charge in [0, 0.05) is 61.4 Å². The summed E-state index contributed by atoms with van der Waals surface area (Å²) in [5, 5.41) is 9.79. The molecule has 0 spiro atoms. The summed E-state index contributed by atoms with van der Waals surface area (Å²) < 4.78 is 2.48. The zero-order valence-corrected chi connectivity index (χ0v) is 43.5. The third-order valence-corrected chi connectivity index (χ3v) is 16.5. The summed E-state index contributed by atoms with van der Waals surface area (Å²) in [7, 11) is 0. The fraction of sp³-hybridized carbons (Fsp3) is 0.0400. The van der Waals surface area contributed by atoms with Gasteiger partial charge >= 0.3 is 0 Å². The summed E-state index contributed by atoms with van der Waals surface area (Å²) in [5.41, 5.74) is 19.7. The van der Waals surface area contributed by atoms with Crippen molar-refractivity contribution < 1.29 is 0 Å². The monoisotopic (exact) mass is 995 g/mol. The van der Waals surface area contributed by atoms with E-state index in [0.29, 0.717) is 0 Å². The van der Waals surface area contributed by atoms with Gasteiger partial charge in [-0.15, -0.1) is 0 Å². The fourth-order valence-corrected chi connectivity index (χ4v) is 12.9. The summed E-state index contributed by atoms with van der Waals surface area (Å²) in [6, 6.07) is 105. The van der Waals surface area contributed by atoms with Crippen molar-refractivity contribution >= 4 is 88.2 Å². The molecule has 1 heterocycles. The van der Waals surface area contributed by atoms with Crippen molar-refractivity contribution in [3.05, 3.63) is 296 Å². The number of hydrogen-bond donors (Lipinski definition) is 0. The minimum Gasteiger partial charge on any atom is -0.310 e. The van der Waals surface area contributed by atoms with E-state index in [2.05, 4.69) is 313 Å². The van der Waals surface area contributed by atoms with E-state index < -0.39 is 0 Å². The van der Waals surface area contributed by atoms with Gasteiger partial charge < -0.3 is 14.4 Å². The molecule has 3 nitrogen and oxygen atoms in total. The summed E-state index contributed by atoms with van der Waals surface area (Å²) in [4.78, 5) is 4.90. The summed E-state index contributed by atoms with van der Waals surface area (Å²) in [6.45, 7) is 4.74. The van der Waals surface area contributed by atoms with E-state index in [-0.39, 0.29) is 5.41 Å². The zero-order valence-electron chi connectivity index (χ0n) is 43.5. The van der Waals surface area contributed by atoms with Gasteiger partial charge in [0.1, 0.15) is 0 Å². The molecule has 0 aliphatic heterocycles. The van der Waals surface area contributed by atoms with Gasteiger partial charge in [-0.05, 0) is 162 Å². The molecular formula is C75H53N3. The van der Waals surface area contributed by atoms with E-state index in [4.69, 9.17) is 0 Å². The van der Waals surface area contributed by atoms with E-state index >= 15 is 0 Å². The Morgan fingerprint density at radius 1 is 0.295 bits per heavy atom. The molecule has 0 fully saturated rings. The minimum absolute atomic E-state index is 0.183. The van der Waals surface area contributed by atoms with Crippen LogP contribution in [0.25, 0.3) is 93.2 Å². The predicted octanol–water partition coefficient (Wildman–Crippen LogP) is 20.8. The van der Waals surface area contributed by atoms with Crippen LogP contribution in [0, 0.1) is 0 Å². The number of benzene rings is 13. The maximum atomic E-state index is 2.49. The Kier molecular flexibility index (Phi) is 10.6. The number of fused-ring (bicyclic) bond motifs is 11. The summed E-state index contributed by atoms with van der Waals surface area (Å²) in [6.07, 6.45) is 0. The molecule has 3 heteroatoms. The lowest BCUT2D eigenvalue weighted by Crippen LogP contribution is -2.17. The van der Waals surface area contributed by atoms with Crippen molar-refractivity contribution in [3.8, 4) is 39.1 Å². The third kappa shape index (κ3) is 7.27. The number of hydrogen-bond acceptors (Lipinski definition) is 2. The Labute approximate surface area is 454 Å². The van der Waals surface area contributed by atoms with Crippen LogP contribution < -0.4 is 9.80 Å². The van der Waals surface area contributed by atoms with Crippen LogP contribution in [-0.2, 0) is 5.41 Å². The lowest BCUT2D eigenvalue weighted by atomic mass is 9.82. The Hall–Kier alpha value is -9.96. The van der Waals surface area contributed by atoms with Crippen LogP contribution in [0.2, 0.25) is 0 Å². The van der Waals surface area contributed by atoms with E-state index in [1.807, 2.05) is 0 Å². The molecule has 13 aromatic carbocycles. The van der Waals surface area contributed by atoms with Crippen molar-refractivity contribution in [2.24, 2.45) is 0 Å². The average molecular weight is 996 g/mol. The van der Waals surface area contributed by atoms with Crippen LogP contribution in [0.5, 0.6) is 0 Å². The van der Waals surface area contributed by atoms with Gasteiger partial charge in [-0.1, -0.05) is 208 Å². The first kappa shape index (κ1) is 45.4. The zero-order chi connectivity index (χ0) is 51.9. The van der Waals surface area contributed by atoms with Gasteiger partial charge in [-0.25, -0.2) is 0 Å². The van der Waals surface area contributed by atoms with Crippen LogP contribution in [0.4, 0.5) is 34.1 Å². The molecule has 0 saturated carbocycles. The first-order valence-corrected chi connectivity index (χ1v) is 27.1. The molecule has 368 valence electrons. The van der Waals surface area contributed by atoms with Crippen LogP contribution in [0.3, 0.4) is 0 Å². The largest absolute Gasteiger partial charge is 0.310 e. The van der Waals surface area contributed by atoms with Crippen molar-refractivity contribution in [2.45, 2.75) is 19.3 Å². The molecular weight excluding hydrogens is 943 g/mol. The second-order valence-electron chi connectivity index (χ2n) is 21.3. The number of para-hydroxylation sites is 3. The maximum absolute atomic E-state index is 2.49. The minimum atomic E-state index is -0.183. The topological polar surface area (TPSA) is 11.4 Å². The first-order chi connectivity index (χ1) is 38.5. The van der Waals surface area contributed by atoms with Gasteiger partial charge in [-0.2, -0.15) is 0 Å². The van der Waals surface area contributed by atoms with Gasteiger partial charge in [0.25, 0.3) is 0 Å². The Morgan fingerprint density at radius 2 is 0.821 bits per heavy atom. The lowest BCUT2D eigenvalue weighted by Gasteiger charge is -2.31. The van der Waals surface area contributed by atoms with E-state index in [0.717, 1.165) is 45.4 Å². The molecule has 0 radical (unpaired) electrons. The smallest absolute Gasteiger partial charge is 0.0620 e. The average Bonchev–Trinajstić information content (AvgIpc) is 4.19. The molecule has 0 unspecified atom stereocenters. The Bertz CT molecular complexity index is 4630. The molecule has 14 aromatic rings. The van der Waals surface area contributed by atoms with Crippen LogP contribution in [0.1, 0.15) is 25.0 Å². The molecule has 0 amide bonds.